The molecule has 0 bridgehead atoms. The van der Waals surface area contributed by atoms with Gasteiger partial charge in [0.15, 0.2) is 11.0 Å². The minimum atomic E-state index is -4.16. The fraction of sp³-hybridized carbons (Fsp3) is 0.300. The van der Waals surface area contributed by atoms with Crippen molar-refractivity contribution in [1.82, 2.24) is 5.14 Å². The first kappa shape index (κ1) is 13.3. The molecule has 1 aromatic rings. The Bertz CT molecular complexity index is 470. The van der Waals surface area contributed by atoms with Crippen molar-refractivity contribution in [2.75, 3.05) is 0 Å². The Morgan fingerprint density at radius 3 is 2.19 bits per heavy atom. The summed E-state index contributed by atoms with van der Waals surface area (Å²) in [4.78, 5) is 11.3. The largest absolute Gasteiger partial charge is 0.293 e. The van der Waals surface area contributed by atoms with Crippen LogP contribution in [0.2, 0.25) is 0 Å². The van der Waals surface area contributed by atoms with Gasteiger partial charge in [0.1, 0.15) is 0 Å². The van der Waals surface area contributed by atoms with Gasteiger partial charge < -0.3 is 0 Å². The summed E-state index contributed by atoms with van der Waals surface area (Å²) in [5, 5.41) is 5.65. The number of carbonyl (C=O) groups is 1. The van der Waals surface area contributed by atoms with Crippen LogP contribution in [-0.4, -0.2) is 24.3 Å². The maximum Gasteiger partial charge on any atom is 0.236 e. The molecule has 0 aliphatic heterocycles. The molecular weight excluding hydrogens is 294 g/mol. The average molecular weight is 305 g/mol. The van der Waals surface area contributed by atoms with E-state index in [2.05, 4.69) is 15.9 Å². The van der Waals surface area contributed by atoms with Gasteiger partial charge >= 0.3 is 0 Å². The molecule has 1 N–H and O–H groups in total. The lowest BCUT2D eigenvalue weighted by Gasteiger charge is -2.15. The van der Waals surface area contributed by atoms with E-state index in [1.54, 1.807) is 18.2 Å². The van der Waals surface area contributed by atoms with Gasteiger partial charge in [-0.1, -0.05) is 53.2 Å². The fourth-order valence-corrected chi connectivity index (χ4v) is 3.37. The summed E-state index contributed by atoms with van der Waals surface area (Å²) in [6.07, 6.45) is 0. The lowest BCUT2D eigenvalue weighted by molar-refractivity contribution is 0.0987. The van der Waals surface area contributed by atoms with Crippen LogP contribution in [0, 0.1) is 0 Å². The van der Waals surface area contributed by atoms with Crippen molar-refractivity contribution in [2.24, 2.45) is 0 Å². The molecule has 0 amide bonds. The first-order valence-corrected chi connectivity index (χ1v) is 7.02. The van der Waals surface area contributed by atoms with Crippen LogP contribution in [0.1, 0.15) is 17.3 Å². The second-order valence-electron chi connectivity index (χ2n) is 3.37. The third-order valence-corrected chi connectivity index (χ3v) is 4.24. The van der Waals surface area contributed by atoms with Crippen LogP contribution >= 0.6 is 15.9 Å². The Morgan fingerprint density at radius 1 is 1.31 bits per heavy atom. The molecule has 1 radical (unpaired) electrons. The molecule has 0 heterocycles. The smallest absolute Gasteiger partial charge is 0.236 e. The quantitative estimate of drug-likeness (QED) is 0.627. The molecule has 2 unspecified atom stereocenters. The van der Waals surface area contributed by atoms with Crippen LogP contribution in [-0.2, 0) is 10.0 Å². The molecule has 0 aliphatic rings. The monoisotopic (exact) mass is 304 g/mol. The van der Waals surface area contributed by atoms with Crippen LogP contribution in [0.5, 0.6) is 0 Å². The highest BCUT2D eigenvalue weighted by Gasteiger charge is 2.34. The molecule has 0 aliphatic carbocycles. The van der Waals surface area contributed by atoms with Crippen LogP contribution < -0.4 is 5.14 Å². The standard InChI is InChI=1S/C10H11BrNO3S/c1-7(11)10(16(12,14)15)9(13)8-5-3-2-4-6-8/h2-7,10,12H,1H3. The lowest BCUT2D eigenvalue weighted by atomic mass is 10.1. The zero-order valence-electron chi connectivity index (χ0n) is 8.55. The van der Waals surface area contributed by atoms with Gasteiger partial charge in [-0.25, -0.2) is 8.42 Å². The molecule has 4 nitrogen and oxygen atoms in total. The SMILES string of the molecule is CC(Br)C(C(=O)c1ccccc1)S([NH])(=O)=O. The molecule has 0 saturated heterocycles. The summed E-state index contributed by atoms with van der Waals surface area (Å²) in [5.41, 5.74) is 0.301. The molecule has 16 heavy (non-hydrogen) atoms. The fourth-order valence-electron chi connectivity index (χ4n) is 1.36. The molecule has 0 aromatic heterocycles. The van der Waals surface area contributed by atoms with E-state index in [0.717, 1.165) is 0 Å². The molecule has 87 valence electrons. The summed E-state index contributed by atoms with van der Waals surface area (Å²) in [6.45, 7) is 1.54. The average Bonchev–Trinajstić information content (AvgIpc) is 2.16. The zero-order valence-corrected chi connectivity index (χ0v) is 11.0. The number of alkyl halides is 1. The van der Waals surface area contributed by atoms with Gasteiger partial charge in [0.25, 0.3) is 0 Å². The van der Waals surface area contributed by atoms with E-state index in [1.807, 2.05) is 0 Å². The number of hydrogen-bond donors (Lipinski definition) is 0. The van der Waals surface area contributed by atoms with Crippen molar-refractivity contribution in [3.8, 4) is 0 Å². The molecule has 0 fully saturated rings. The predicted molar refractivity (Wildman–Crippen MR) is 65.0 cm³/mol. The van der Waals surface area contributed by atoms with Gasteiger partial charge in [-0.05, 0) is 0 Å². The number of carbonyl (C=O) groups excluding carboxylic acids is 1. The number of hydrogen-bond acceptors (Lipinski definition) is 3. The zero-order chi connectivity index (χ0) is 12.3. The minimum absolute atomic E-state index is 0.301. The number of benzene rings is 1. The summed E-state index contributed by atoms with van der Waals surface area (Å²) in [7, 11) is -4.16. The van der Waals surface area contributed by atoms with Crippen LogP contribution in [0.3, 0.4) is 0 Å². The molecular formula is C10H11BrNO3S. The summed E-state index contributed by atoms with van der Waals surface area (Å²) in [6, 6.07) is 8.11. The highest BCUT2D eigenvalue weighted by molar-refractivity contribution is 9.09. The van der Waals surface area contributed by atoms with Crippen LogP contribution in [0.4, 0.5) is 0 Å². The van der Waals surface area contributed by atoms with E-state index >= 15 is 0 Å². The Kier molecular flexibility index (Phi) is 4.23. The Labute approximate surface area is 103 Å². The van der Waals surface area contributed by atoms with Crippen LogP contribution in [0.15, 0.2) is 30.3 Å². The van der Waals surface area contributed by atoms with E-state index in [1.165, 1.54) is 19.1 Å². The second kappa shape index (κ2) is 5.07. The second-order valence-corrected chi connectivity index (χ2v) is 6.42. The highest BCUT2D eigenvalue weighted by Crippen LogP contribution is 2.17. The molecule has 6 heteroatoms. The van der Waals surface area contributed by atoms with E-state index in [-0.39, 0.29) is 0 Å². The lowest BCUT2D eigenvalue weighted by Crippen LogP contribution is -2.37. The normalized spacial score (nSPS) is 15.4. The highest BCUT2D eigenvalue weighted by atomic mass is 79.9. The van der Waals surface area contributed by atoms with Gasteiger partial charge in [0, 0.05) is 10.4 Å². The summed E-state index contributed by atoms with van der Waals surface area (Å²) < 4.78 is 22.4. The number of rotatable bonds is 4. The van der Waals surface area contributed by atoms with Crippen molar-refractivity contribution >= 4 is 31.7 Å². The van der Waals surface area contributed by atoms with E-state index < -0.39 is 25.9 Å². The van der Waals surface area contributed by atoms with Crippen molar-refractivity contribution in [1.29, 1.82) is 0 Å². The topological polar surface area (TPSA) is 75.0 Å². The Hall–Kier alpha value is -0.720. The number of nitrogens with one attached hydrogen (secondary N) is 1. The van der Waals surface area contributed by atoms with Crippen LogP contribution in [0.25, 0.3) is 0 Å². The van der Waals surface area contributed by atoms with E-state index in [9.17, 15) is 13.2 Å². The van der Waals surface area contributed by atoms with Crippen molar-refractivity contribution in [3.63, 3.8) is 0 Å². The van der Waals surface area contributed by atoms with Gasteiger partial charge in [-0.2, -0.15) is 0 Å². The molecule has 0 spiro atoms. The van der Waals surface area contributed by atoms with Gasteiger partial charge in [0.2, 0.25) is 10.0 Å². The maximum absolute atomic E-state index is 11.9. The van der Waals surface area contributed by atoms with E-state index in [0.29, 0.717) is 5.56 Å². The van der Waals surface area contributed by atoms with Gasteiger partial charge in [-0.3, -0.25) is 4.79 Å². The number of Topliss-reactive ketones (excluding diaryl/α,β-unsaturated/α-hetero) is 1. The first-order valence-electron chi connectivity index (χ1n) is 4.56. The Balaban J connectivity index is 3.13. The van der Waals surface area contributed by atoms with Crippen molar-refractivity contribution in [2.45, 2.75) is 17.0 Å². The van der Waals surface area contributed by atoms with Crippen molar-refractivity contribution in [3.05, 3.63) is 35.9 Å². The number of ketones is 1. The summed E-state index contributed by atoms with van der Waals surface area (Å²) in [5.74, 6) is -0.556. The molecule has 2 atom stereocenters. The maximum atomic E-state index is 11.9. The number of sulfonamides is 1. The molecule has 0 saturated carbocycles. The van der Waals surface area contributed by atoms with Gasteiger partial charge in [0.05, 0.1) is 0 Å². The third kappa shape index (κ3) is 3.13. The summed E-state index contributed by atoms with van der Waals surface area (Å²) >= 11 is 3.05. The number of halogens is 1. The van der Waals surface area contributed by atoms with Gasteiger partial charge in [-0.15, -0.1) is 5.14 Å². The minimum Gasteiger partial charge on any atom is -0.293 e. The predicted octanol–water partition coefficient (Wildman–Crippen LogP) is 1.63. The molecule has 1 rings (SSSR count). The first-order chi connectivity index (χ1) is 7.34. The van der Waals surface area contributed by atoms with E-state index in [4.69, 9.17) is 5.14 Å². The van der Waals surface area contributed by atoms with Crippen molar-refractivity contribution < 1.29 is 13.2 Å². The third-order valence-electron chi connectivity index (χ3n) is 2.07. The Morgan fingerprint density at radius 2 is 1.81 bits per heavy atom. The molecule has 1 aromatic carbocycles.